The molecule has 2 rings (SSSR count). The highest BCUT2D eigenvalue weighted by Gasteiger charge is 2.31. The van der Waals surface area contributed by atoms with Gasteiger partial charge in [-0.15, -0.1) is 0 Å². The molecule has 0 bridgehead atoms. The van der Waals surface area contributed by atoms with E-state index in [1.54, 1.807) is 13.0 Å². The smallest absolute Gasteiger partial charge is 0.333 e. The maximum absolute atomic E-state index is 11.8. The molecule has 0 aromatic heterocycles. The summed E-state index contributed by atoms with van der Waals surface area (Å²) in [4.78, 5) is 24.2. The van der Waals surface area contributed by atoms with Gasteiger partial charge in [0.2, 0.25) is 5.91 Å². The number of aliphatic carboxylic acids is 1. The van der Waals surface area contributed by atoms with Gasteiger partial charge in [0.25, 0.3) is 0 Å². The van der Waals surface area contributed by atoms with Gasteiger partial charge in [-0.2, -0.15) is 0 Å². The van der Waals surface area contributed by atoms with Crippen LogP contribution in [-0.2, 0) is 16.1 Å². The number of hydrogen-bond donors (Lipinski definition) is 1. The van der Waals surface area contributed by atoms with Crippen molar-refractivity contribution in [2.45, 2.75) is 19.9 Å². The maximum atomic E-state index is 11.8. The predicted molar refractivity (Wildman–Crippen MR) is 67.0 cm³/mol. The molecule has 0 radical (unpaired) electrons. The van der Waals surface area contributed by atoms with Gasteiger partial charge in [0.1, 0.15) is 0 Å². The van der Waals surface area contributed by atoms with Crippen LogP contribution in [-0.4, -0.2) is 21.9 Å². The summed E-state index contributed by atoms with van der Waals surface area (Å²) in [6.07, 6.45) is -0.0500. The third kappa shape index (κ3) is 2.24. The van der Waals surface area contributed by atoms with Crippen molar-refractivity contribution >= 4 is 23.5 Å². The Hall–Kier alpha value is -1.81. The van der Waals surface area contributed by atoms with Gasteiger partial charge in [0.05, 0.1) is 18.5 Å². The molecule has 5 heteroatoms. The summed E-state index contributed by atoms with van der Waals surface area (Å²) in [6.45, 7) is 1.95. The molecule has 1 N–H and O–H groups in total. The van der Waals surface area contributed by atoms with Crippen molar-refractivity contribution in [3.63, 3.8) is 0 Å². The minimum Gasteiger partial charge on any atom is -0.478 e. The van der Waals surface area contributed by atoms with E-state index in [1.165, 1.54) is 4.90 Å². The van der Waals surface area contributed by atoms with E-state index in [0.717, 1.165) is 5.56 Å². The minimum atomic E-state index is -1.04. The Balaban J connectivity index is 2.27. The summed E-state index contributed by atoms with van der Waals surface area (Å²) in [5.74, 6) is -1.24. The molecule has 1 aromatic carbocycles. The SMILES string of the molecule is CC1=C(C(=O)O)CC(=O)N1Cc1ccccc1Cl. The Kier molecular flexibility index (Phi) is 3.39. The highest BCUT2D eigenvalue weighted by molar-refractivity contribution is 6.31. The van der Waals surface area contributed by atoms with Crippen LogP contribution >= 0.6 is 11.6 Å². The van der Waals surface area contributed by atoms with E-state index in [1.807, 2.05) is 18.2 Å². The van der Waals surface area contributed by atoms with Gasteiger partial charge in [-0.1, -0.05) is 29.8 Å². The zero-order valence-corrected chi connectivity index (χ0v) is 10.6. The lowest BCUT2D eigenvalue weighted by atomic mass is 10.2. The first-order valence-electron chi connectivity index (χ1n) is 5.47. The lowest BCUT2D eigenvalue weighted by Crippen LogP contribution is -2.23. The Morgan fingerprint density at radius 1 is 1.44 bits per heavy atom. The summed E-state index contributed by atoms with van der Waals surface area (Å²) in [5.41, 5.74) is 1.46. The molecule has 1 aliphatic rings. The number of rotatable bonds is 3. The zero-order valence-electron chi connectivity index (χ0n) is 9.81. The molecule has 0 aliphatic carbocycles. The van der Waals surface area contributed by atoms with E-state index in [-0.39, 0.29) is 17.9 Å². The number of carboxylic acids is 1. The molecule has 0 saturated heterocycles. The van der Waals surface area contributed by atoms with Crippen molar-refractivity contribution in [1.29, 1.82) is 0 Å². The van der Waals surface area contributed by atoms with Crippen LogP contribution < -0.4 is 0 Å². The van der Waals surface area contributed by atoms with Gasteiger partial charge in [-0.05, 0) is 18.6 Å². The molecule has 0 atom stereocenters. The Labute approximate surface area is 109 Å². The summed E-state index contributed by atoms with van der Waals surface area (Å²) < 4.78 is 0. The van der Waals surface area contributed by atoms with Crippen LogP contribution in [0.25, 0.3) is 0 Å². The Morgan fingerprint density at radius 3 is 2.67 bits per heavy atom. The van der Waals surface area contributed by atoms with Crippen LogP contribution in [0.15, 0.2) is 35.5 Å². The predicted octanol–water partition coefficient (Wildman–Crippen LogP) is 2.43. The van der Waals surface area contributed by atoms with E-state index in [4.69, 9.17) is 16.7 Å². The fourth-order valence-corrected chi connectivity index (χ4v) is 2.15. The fourth-order valence-electron chi connectivity index (χ4n) is 1.96. The fraction of sp³-hybridized carbons (Fsp3) is 0.231. The van der Waals surface area contributed by atoms with Gasteiger partial charge in [0.15, 0.2) is 0 Å². The molecule has 94 valence electrons. The normalized spacial score (nSPS) is 15.4. The number of amides is 1. The Bertz CT molecular complexity index is 551. The topological polar surface area (TPSA) is 57.6 Å². The van der Waals surface area contributed by atoms with Crippen LogP contribution in [0, 0.1) is 0 Å². The lowest BCUT2D eigenvalue weighted by molar-refractivity contribution is -0.134. The summed E-state index contributed by atoms with van der Waals surface area (Å²) in [5, 5.41) is 9.55. The van der Waals surface area contributed by atoms with Gasteiger partial charge >= 0.3 is 5.97 Å². The molecule has 1 heterocycles. The third-order valence-corrected chi connectivity index (χ3v) is 3.38. The largest absolute Gasteiger partial charge is 0.478 e. The minimum absolute atomic E-state index is 0.0500. The average molecular weight is 266 g/mol. The van der Waals surface area contributed by atoms with Gasteiger partial charge in [-0.3, -0.25) is 4.79 Å². The van der Waals surface area contributed by atoms with E-state index in [0.29, 0.717) is 17.3 Å². The van der Waals surface area contributed by atoms with Crippen LogP contribution in [0.2, 0.25) is 5.02 Å². The van der Waals surface area contributed by atoms with Gasteiger partial charge in [0, 0.05) is 10.7 Å². The first kappa shape index (κ1) is 12.6. The molecule has 0 fully saturated rings. The third-order valence-electron chi connectivity index (χ3n) is 3.02. The van der Waals surface area contributed by atoms with E-state index in [9.17, 15) is 9.59 Å². The number of allylic oxidation sites excluding steroid dienone is 1. The maximum Gasteiger partial charge on any atom is 0.333 e. The molecular weight excluding hydrogens is 254 g/mol. The van der Waals surface area contributed by atoms with Gasteiger partial charge in [-0.25, -0.2) is 4.79 Å². The molecule has 0 spiro atoms. The van der Waals surface area contributed by atoms with E-state index in [2.05, 4.69) is 0 Å². The average Bonchev–Trinajstić information content (AvgIpc) is 2.60. The quantitative estimate of drug-likeness (QED) is 0.913. The number of hydrogen-bond acceptors (Lipinski definition) is 2. The molecule has 4 nitrogen and oxygen atoms in total. The first-order chi connectivity index (χ1) is 8.50. The van der Waals surface area contributed by atoms with Crippen LogP contribution in [0.3, 0.4) is 0 Å². The second-order valence-corrected chi connectivity index (χ2v) is 4.52. The molecule has 1 amide bonds. The number of carbonyl (C=O) groups excluding carboxylic acids is 1. The van der Waals surface area contributed by atoms with E-state index < -0.39 is 5.97 Å². The number of halogens is 1. The second kappa shape index (κ2) is 4.82. The van der Waals surface area contributed by atoms with Crippen LogP contribution in [0.5, 0.6) is 0 Å². The zero-order chi connectivity index (χ0) is 13.3. The number of carboxylic acid groups (broad SMARTS) is 1. The summed E-state index contributed by atoms with van der Waals surface area (Å²) >= 11 is 6.03. The Morgan fingerprint density at radius 2 is 2.11 bits per heavy atom. The molecular formula is C13H12ClNO3. The second-order valence-electron chi connectivity index (χ2n) is 4.12. The van der Waals surface area contributed by atoms with E-state index >= 15 is 0 Å². The standard InChI is InChI=1S/C13H12ClNO3/c1-8-10(13(17)18)6-12(16)15(8)7-9-4-2-3-5-11(9)14/h2-5H,6-7H2,1H3,(H,17,18). The van der Waals surface area contributed by atoms with Crippen molar-refractivity contribution in [3.8, 4) is 0 Å². The monoisotopic (exact) mass is 265 g/mol. The van der Waals surface area contributed by atoms with Crippen molar-refractivity contribution in [2.75, 3.05) is 0 Å². The summed E-state index contributed by atoms with van der Waals surface area (Å²) in [7, 11) is 0. The molecule has 0 unspecified atom stereocenters. The lowest BCUT2D eigenvalue weighted by Gasteiger charge is -2.18. The molecule has 0 saturated carbocycles. The van der Waals surface area contributed by atoms with Gasteiger partial charge < -0.3 is 10.0 Å². The highest BCUT2D eigenvalue weighted by atomic mass is 35.5. The number of carbonyl (C=O) groups is 2. The molecule has 1 aromatic rings. The van der Waals surface area contributed by atoms with Crippen LogP contribution in [0.4, 0.5) is 0 Å². The van der Waals surface area contributed by atoms with Crippen molar-refractivity contribution < 1.29 is 14.7 Å². The summed E-state index contributed by atoms with van der Waals surface area (Å²) in [6, 6.07) is 7.21. The molecule has 18 heavy (non-hydrogen) atoms. The van der Waals surface area contributed by atoms with Crippen molar-refractivity contribution in [1.82, 2.24) is 4.90 Å². The van der Waals surface area contributed by atoms with Crippen molar-refractivity contribution in [3.05, 3.63) is 46.1 Å². The first-order valence-corrected chi connectivity index (χ1v) is 5.85. The molecule has 1 aliphatic heterocycles. The van der Waals surface area contributed by atoms with Crippen LogP contribution in [0.1, 0.15) is 18.9 Å². The highest BCUT2D eigenvalue weighted by Crippen LogP contribution is 2.27. The number of nitrogens with zero attached hydrogens (tertiary/aromatic N) is 1. The van der Waals surface area contributed by atoms with Crippen molar-refractivity contribution in [2.24, 2.45) is 0 Å². The number of benzene rings is 1.